The van der Waals surface area contributed by atoms with E-state index in [0.717, 1.165) is 32.1 Å². The number of aliphatic hydroxyl groups excluding tert-OH is 1. The number of aliphatic hydroxyl groups is 1. The molecule has 1 atom stereocenters. The Labute approximate surface area is 173 Å². The van der Waals surface area contributed by atoms with Crippen LogP contribution >= 0.6 is 0 Å². The van der Waals surface area contributed by atoms with Crippen molar-refractivity contribution in [3.8, 4) is 0 Å². The Hall–Kier alpha value is -2.41. The second kappa shape index (κ2) is 12.9. The summed E-state index contributed by atoms with van der Waals surface area (Å²) in [7, 11) is 0. The second-order valence-corrected chi connectivity index (χ2v) is 7.32. The number of nitrogens with one attached hydrogen (secondary N) is 1. The Morgan fingerprint density at radius 3 is 2.10 bits per heavy atom. The van der Waals surface area contributed by atoms with Crippen molar-refractivity contribution in [2.75, 3.05) is 19.6 Å². The molecule has 4 N–H and O–H groups in total. The van der Waals surface area contributed by atoms with Crippen LogP contribution in [0.25, 0.3) is 0 Å². The van der Waals surface area contributed by atoms with Gasteiger partial charge in [0.2, 0.25) is 5.91 Å². The molecule has 7 nitrogen and oxygen atoms in total. The zero-order valence-corrected chi connectivity index (χ0v) is 17.9. The minimum absolute atomic E-state index is 0.109. The smallest absolute Gasteiger partial charge is 0.253 e. The first kappa shape index (κ1) is 24.6. The third kappa shape index (κ3) is 8.23. The predicted molar refractivity (Wildman–Crippen MR) is 114 cm³/mol. The second-order valence-electron chi connectivity index (χ2n) is 7.32. The van der Waals surface area contributed by atoms with E-state index in [2.05, 4.69) is 12.2 Å². The molecule has 0 saturated heterocycles. The summed E-state index contributed by atoms with van der Waals surface area (Å²) in [5.41, 5.74) is 5.95. The van der Waals surface area contributed by atoms with Gasteiger partial charge in [0.25, 0.3) is 11.8 Å². The van der Waals surface area contributed by atoms with Crippen molar-refractivity contribution in [1.82, 2.24) is 10.2 Å². The normalized spacial score (nSPS) is 11.7. The summed E-state index contributed by atoms with van der Waals surface area (Å²) in [4.78, 5) is 38.9. The minimum atomic E-state index is -0.703. The Balaban J connectivity index is 2.98. The van der Waals surface area contributed by atoms with Gasteiger partial charge in [-0.05, 0) is 37.5 Å². The largest absolute Gasteiger partial charge is 0.391 e. The summed E-state index contributed by atoms with van der Waals surface area (Å²) in [6.07, 6.45) is 4.59. The zero-order chi connectivity index (χ0) is 21.8. The van der Waals surface area contributed by atoms with Crippen LogP contribution in [0.5, 0.6) is 0 Å². The number of carbonyl (C=O) groups is 3. The van der Waals surface area contributed by atoms with Gasteiger partial charge in [-0.3, -0.25) is 14.4 Å². The Morgan fingerprint density at radius 2 is 1.55 bits per heavy atom. The van der Waals surface area contributed by atoms with E-state index in [9.17, 15) is 19.5 Å². The number of nitrogens with two attached hydrogens (primary N) is 1. The molecule has 0 aliphatic heterocycles. The van der Waals surface area contributed by atoms with Crippen LogP contribution in [0.1, 0.15) is 90.4 Å². The summed E-state index contributed by atoms with van der Waals surface area (Å²) >= 11 is 0. The molecule has 0 spiro atoms. The van der Waals surface area contributed by atoms with Gasteiger partial charge in [-0.2, -0.15) is 0 Å². The quantitative estimate of drug-likeness (QED) is 0.438. The molecule has 1 unspecified atom stereocenters. The average Bonchev–Trinajstić information content (AvgIpc) is 2.71. The maximum atomic E-state index is 12.9. The lowest BCUT2D eigenvalue weighted by molar-refractivity contribution is 0.0755. The number of amides is 3. The van der Waals surface area contributed by atoms with E-state index >= 15 is 0 Å². The lowest BCUT2D eigenvalue weighted by Gasteiger charge is -2.22. The van der Waals surface area contributed by atoms with Gasteiger partial charge in [-0.25, -0.2) is 0 Å². The molecule has 162 valence electrons. The highest BCUT2D eigenvalue weighted by Crippen LogP contribution is 2.14. The number of nitrogens with zero attached hydrogens (tertiary/aromatic N) is 1. The van der Waals surface area contributed by atoms with Gasteiger partial charge >= 0.3 is 0 Å². The van der Waals surface area contributed by atoms with Crippen molar-refractivity contribution >= 4 is 17.7 Å². The van der Waals surface area contributed by atoms with E-state index in [0.29, 0.717) is 19.5 Å². The van der Waals surface area contributed by atoms with E-state index < -0.39 is 17.9 Å². The highest BCUT2D eigenvalue weighted by molar-refractivity contribution is 6.04. The average molecular weight is 406 g/mol. The van der Waals surface area contributed by atoms with Crippen LogP contribution in [-0.2, 0) is 0 Å². The van der Waals surface area contributed by atoms with Crippen molar-refractivity contribution in [2.45, 2.75) is 65.4 Å². The molecule has 0 aromatic heterocycles. The first-order valence-electron chi connectivity index (χ1n) is 10.5. The monoisotopic (exact) mass is 405 g/mol. The molecule has 0 radical (unpaired) electrons. The zero-order valence-electron chi connectivity index (χ0n) is 17.9. The lowest BCUT2D eigenvalue weighted by Crippen LogP contribution is -2.34. The Bertz CT molecular complexity index is 685. The van der Waals surface area contributed by atoms with Crippen molar-refractivity contribution in [2.24, 2.45) is 5.73 Å². The van der Waals surface area contributed by atoms with E-state index in [1.807, 2.05) is 13.8 Å². The molecule has 0 fully saturated rings. The highest BCUT2D eigenvalue weighted by atomic mass is 16.3. The van der Waals surface area contributed by atoms with Crippen molar-refractivity contribution < 1.29 is 19.5 Å². The van der Waals surface area contributed by atoms with Crippen molar-refractivity contribution in [3.63, 3.8) is 0 Å². The Morgan fingerprint density at radius 1 is 0.966 bits per heavy atom. The molecule has 0 saturated carbocycles. The number of hydrogen-bond acceptors (Lipinski definition) is 4. The molecule has 3 amide bonds. The van der Waals surface area contributed by atoms with E-state index in [-0.39, 0.29) is 29.1 Å². The van der Waals surface area contributed by atoms with Gasteiger partial charge in [-0.15, -0.1) is 0 Å². The fraction of sp³-hybridized carbons (Fsp3) is 0.591. The first-order valence-corrected chi connectivity index (χ1v) is 10.5. The van der Waals surface area contributed by atoms with Gasteiger partial charge in [0, 0.05) is 36.3 Å². The number of primary amides is 1. The van der Waals surface area contributed by atoms with Crippen LogP contribution in [0.4, 0.5) is 0 Å². The summed E-state index contributed by atoms with van der Waals surface area (Å²) in [5.74, 6) is -1.38. The number of carbonyl (C=O) groups excluding carboxylic acids is 3. The summed E-state index contributed by atoms with van der Waals surface area (Å²) in [5, 5.41) is 12.7. The number of rotatable bonds is 13. The molecule has 7 heteroatoms. The van der Waals surface area contributed by atoms with E-state index in [4.69, 9.17) is 5.73 Å². The Kier molecular flexibility index (Phi) is 11.0. The molecule has 0 aliphatic rings. The first-order chi connectivity index (χ1) is 13.8. The van der Waals surface area contributed by atoms with Crippen molar-refractivity contribution in [3.05, 3.63) is 34.9 Å². The summed E-state index contributed by atoms with van der Waals surface area (Å²) < 4.78 is 0. The molecule has 1 aromatic rings. The fourth-order valence-electron chi connectivity index (χ4n) is 3.11. The maximum absolute atomic E-state index is 12.9. The molecule has 0 heterocycles. The fourth-order valence-corrected chi connectivity index (χ4v) is 3.11. The number of benzene rings is 1. The molecular formula is C22H35N3O4. The third-order valence-electron chi connectivity index (χ3n) is 4.64. The van der Waals surface area contributed by atoms with Gasteiger partial charge in [0.05, 0.1) is 6.10 Å². The molecular weight excluding hydrogens is 370 g/mol. The van der Waals surface area contributed by atoms with Crippen molar-refractivity contribution in [1.29, 1.82) is 0 Å². The van der Waals surface area contributed by atoms with E-state index in [1.54, 1.807) is 4.90 Å². The predicted octanol–water partition coefficient (Wildman–Crippen LogP) is 2.72. The van der Waals surface area contributed by atoms with Gasteiger partial charge < -0.3 is 21.1 Å². The van der Waals surface area contributed by atoms with Gasteiger partial charge in [-0.1, -0.05) is 40.0 Å². The number of hydrogen-bond donors (Lipinski definition) is 3. The minimum Gasteiger partial charge on any atom is -0.391 e. The van der Waals surface area contributed by atoms with Crippen LogP contribution in [0.3, 0.4) is 0 Å². The van der Waals surface area contributed by atoms with Crippen LogP contribution in [0.2, 0.25) is 0 Å². The molecule has 1 rings (SSSR count). The van der Waals surface area contributed by atoms with Crippen LogP contribution < -0.4 is 11.1 Å². The highest BCUT2D eigenvalue weighted by Gasteiger charge is 2.19. The van der Waals surface area contributed by atoms with Crippen LogP contribution in [-0.4, -0.2) is 53.5 Å². The molecule has 0 aliphatic carbocycles. The molecule has 29 heavy (non-hydrogen) atoms. The van der Waals surface area contributed by atoms with Gasteiger partial charge in [0.1, 0.15) is 0 Å². The van der Waals surface area contributed by atoms with Crippen LogP contribution in [0, 0.1) is 0 Å². The lowest BCUT2D eigenvalue weighted by atomic mass is 10.0. The topological polar surface area (TPSA) is 113 Å². The van der Waals surface area contributed by atoms with Crippen LogP contribution in [0.15, 0.2) is 18.2 Å². The van der Waals surface area contributed by atoms with Gasteiger partial charge in [0.15, 0.2) is 0 Å². The summed E-state index contributed by atoms with van der Waals surface area (Å²) in [6, 6.07) is 4.28. The number of unbranched alkanes of at least 4 members (excludes halogenated alkanes) is 2. The standard InChI is InChI=1S/C22H35N3O4/c1-4-7-8-9-19(26)15-24-21(28)17-12-16(20(23)27)13-18(14-17)22(29)25(10-5-2)11-6-3/h12-14,19,26H,4-11,15H2,1-3H3,(H2,23,27)(H,24,28). The summed E-state index contributed by atoms with van der Waals surface area (Å²) in [6.45, 7) is 7.37. The maximum Gasteiger partial charge on any atom is 0.253 e. The van der Waals surface area contributed by atoms with E-state index in [1.165, 1.54) is 18.2 Å². The molecule has 1 aromatic carbocycles. The third-order valence-corrected chi connectivity index (χ3v) is 4.64. The molecule has 0 bridgehead atoms. The SMILES string of the molecule is CCCCCC(O)CNC(=O)c1cc(C(N)=O)cc(C(=O)N(CCC)CCC)c1.